The highest BCUT2D eigenvalue weighted by Gasteiger charge is 2.47. The van der Waals surface area contributed by atoms with E-state index >= 15 is 0 Å². The van der Waals surface area contributed by atoms with E-state index in [1.54, 1.807) is 0 Å². The van der Waals surface area contributed by atoms with Gasteiger partial charge < -0.3 is 4.90 Å². The lowest BCUT2D eigenvalue weighted by Crippen LogP contribution is -2.28. The van der Waals surface area contributed by atoms with Gasteiger partial charge in [-0.1, -0.05) is 20.3 Å². The number of likely N-dealkylation sites (tertiary alicyclic amines) is 1. The minimum Gasteiger partial charge on any atom is -0.300 e. The fraction of sp³-hybridized carbons (Fsp3) is 1.00. The smallest absolute Gasteiger partial charge is 0.00412 e. The lowest BCUT2D eigenvalue weighted by molar-refractivity contribution is 0.262. The van der Waals surface area contributed by atoms with Crippen LogP contribution in [0.5, 0.6) is 0 Å². The average Bonchev–Trinajstić information content (AvgIpc) is 2.62. The van der Waals surface area contributed by atoms with Crippen LogP contribution >= 0.6 is 0 Å². The molecule has 0 aromatic rings. The molecule has 2 fully saturated rings. The molecule has 0 aromatic carbocycles. The summed E-state index contributed by atoms with van der Waals surface area (Å²) in [5.74, 6) is 0. The van der Waals surface area contributed by atoms with Crippen molar-refractivity contribution in [1.29, 1.82) is 0 Å². The van der Waals surface area contributed by atoms with Crippen LogP contribution in [0.15, 0.2) is 0 Å². The van der Waals surface area contributed by atoms with Crippen molar-refractivity contribution in [3.8, 4) is 0 Å². The van der Waals surface area contributed by atoms with Gasteiger partial charge in [-0.05, 0) is 45.1 Å². The predicted octanol–water partition coefficient (Wildman–Crippen LogP) is 3.30. The van der Waals surface area contributed by atoms with E-state index in [4.69, 9.17) is 0 Å². The molecular formula is C12H25N. The second-order valence-electron chi connectivity index (χ2n) is 5.02. The van der Waals surface area contributed by atoms with Crippen molar-refractivity contribution in [2.24, 2.45) is 5.41 Å². The van der Waals surface area contributed by atoms with Gasteiger partial charge in [-0.25, -0.2) is 0 Å². The fourth-order valence-corrected chi connectivity index (χ4v) is 2.00. The van der Waals surface area contributed by atoms with Crippen LogP contribution in [-0.4, -0.2) is 24.0 Å². The van der Waals surface area contributed by atoms with Crippen LogP contribution in [0.3, 0.4) is 0 Å². The third-order valence-electron chi connectivity index (χ3n) is 3.16. The minimum atomic E-state index is 0.778. The molecule has 1 aliphatic heterocycles. The molecule has 1 aliphatic carbocycles. The van der Waals surface area contributed by atoms with Gasteiger partial charge in [0.1, 0.15) is 0 Å². The van der Waals surface area contributed by atoms with Crippen molar-refractivity contribution in [2.75, 3.05) is 13.1 Å². The summed E-state index contributed by atoms with van der Waals surface area (Å²) >= 11 is 0. The third-order valence-corrected chi connectivity index (χ3v) is 3.16. The predicted molar refractivity (Wildman–Crippen MR) is 59.0 cm³/mol. The minimum absolute atomic E-state index is 0.778. The molecule has 13 heavy (non-hydrogen) atoms. The van der Waals surface area contributed by atoms with Gasteiger partial charge in [0.25, 0.3) is 0 Å². The molecule has 1 nitrogen and oxygen atoms in total. The van der Waals surface area contributed by atoms with Crippen LogP contribution in [0.25, 0.3) is 0 Å². The van der Waals surface area contributed by atoms with Crippen LogP contribution in [0.4, 0.5) is 0 Å². The zero-order valence-electron chi connectivity index (χ0n) is 9.77. The quantitative estimate of drug-likeness (QED) is 0.603. The molecular weight excluding hydrogens is 158 g/mol. The highest BCUT2D eigenvalue weighted by atomic mass is 15.2. The van der Waals surface area contributed by atoms with Crippen molar-refractivity contribution in [3.63, 3.8) is 0 Å². The molecule has 0 unspecified atom stereocenters. The molecule has 0 bridgehead atoms. The maximum absolute atomic E-state index is 2.62. The summed E-state index contributed by atoms with van der Waals surface area (Å²) < 4.78 is 0. The average molecular weight is 183 g/mol. The monoisotopic (exact) mass is 183 g/mol. The van der Waals surface area contributed by atoms with Crippen molar-refractivity contribution in [1.82, 2.24) is 4.90 Å². The highest BCUT2D eigenvalue weighted by Crippen LogP contribution is 2.52. The van der Waals surface area contributed by atoms with E-state index in [1.165, 1.54) is 38.8 Å². The van der Waals surface area contributed by atoms with Crippen LogP contribution in [0, 0.1) is 5.41 Å². The summed E-state index contributed by atoms with van der Waals surface area (Å²) in [6.07, 6.45) is 5.75. The summed E-state index contributed by atoms with van der Waals surface area (Å²) in [5, 5.41) is 0. The molecule has 0 radical (unpaired) electrons. The van der Waals surface area contributed by atoms with Crippen molar-refractivity contribution in [2.45, 2.75) is 59.4 Å². The van der Waals surface area contributed by atoms with E-state index < -0.39 is 0 Å². The van der Waals surface area contributed by atoms with Gasteiger partial charge in [-0.2, -0.15) is 0 Å². The zero-order chi connectivity index (χ0) is 9.90. The molecule has 0 amide bonds. The lowest BCUT2D eigenvalue weighted by atomic mass is 10.1. The highest BCUT2D eigenvalue weighted by molar-refractivity contribution is 5.00. The Bertz CT molecular complexity index is 147. The van der Waals surface area contributed by atoms with Gasteiger partial charge >= 0.3 is 0 Å². The van der Waals surface area contributed by atoms with E-state index in [0.29, 0.717) is 0 Å². The topological polar surface area (TPSA) is 3.24 Å². The summed E-state index contributed by atoms with van der Waals surface area (Å²) in [6.45, 7) is 11.6. The van der Waals surface area contributed by atoms with Crippen LogP contribution in [0.2, 0.25) is 0 Å². The normalized spacial score (nSPS) is 24.7. The molecule has 78 valence electrons. The van der Waals surface area contributed by atoms with E-state index in [2.05, 4.69) is 32.6 Å². The second-order valence-corrected chi connectivity index (χ2v) is 5.02. The van der Waals surface area contributed by atoms with Crippen LogP contribution < -0.4 is 0 Å². The Morgan fingerprint density at radius 3 is 1.92 bits per heavy atom. The van der Waals surface area contributed by atoms with Crippen molar-refractivity contribution in [3.05, 3.63) is 0 Å². The molecule has 1 saturated heterocycles. The first-order valence-corrected chi connectivity index (χ1v) is 5.87. The molecule has 1 heteroatoms. The lowest BCUT2D eigenvalue weighted by Gasteiger charge is -2.19. The summed E-state index contributed by atoms with van der Waals surface area (Å²) in [6, 6.07) is 0.778. The van der Waals surface area contributed by atoms with E-state index in [9.17, 15) is 0 Å². The Hall–Kier alpha value is -0.0400. The van der Waals surface area contributed by atoms with Crippen LogP contribution in [-0.2, 0) is 0 Å². The Balaban J connectivity index is 0.000000251. The maximum Gasteiger partial charge on any atom is 0.00412 e. The SMILES string of the molecule is CC(C)N1CCC2(CC2)C1.CCC. The standard InChI is InChI=1S/C9H17N.C3H8/c1-8(2)10-6-5-9(7-10)3-4-9;1-3-2/h8H,3-7H2,1-2H3;3H2,1-2H3. The summed E-state index contributed by atoms with van der Waals surface area (Å²) in [7, 11) is 0. The first-order chi connectivity index (χ1) is 6.13. The largest absolute Gasteiger partial charge is 0.300 e. The van der Waals surface area contributed by atoms with Gasteiger partial charge in [0.05, 0.1) is 0 Å². The molecule has 0 N–H and O–H groups in total. The first-order valence-electron chi connectivity index (χ1n) is 5.87. The number of nitrogens with zero attached hydrogens (tertiary/aromatic N) is 1. The number of rotatable bonds is 1. The molecule has 2 aliphatic rings. The van der Waals surface area contributed by atoms with Gasteiger partial charge in [-0.3, -0.25) is 0 Å². The second kappa shape index (κ2) is 4.45. The van der Waals surface area contributed by atoms with Crippen molar-refractivity contribution >= 4 is 0 Å². The Morgan fingerprint density at radius 1 is 1.15 bits per heavy atom. The number of hydrogen-bond donors (Lipinski definition) is 0. The maximum atomic E-state index is 2.62. The van der Waals surface area contributed by atoms with Gasteiger partial charge in [0.2, 0.25) is 0 Å². The Kier molecular flexibility index (Phi) is 3.78. The molecule has 0 atom stereocenters. The summed E-state index contributed by atoms with van der Waals surface area (Å²) in [5.41, 5.74) is 0.824. The molecule has 1 spiro atoms. The van der Waals surface area contributed by atoms with Gasteiger partial charge in [-0.15, -0.1) is 0 Å². The van der Waals surface area contributed by atoms with Crippen molar-refractivity contribution < 1.29 is 0 Å². The molecule has 0 aromatic heterocycles. The van der Waals surface area contributed by atoms with E-state index in [-0.39, 0.29) is 0 Å². The Morgan fingerprint density at radius 2 is 1.69 bits per heavy atom. The third kappa shape index (κ3) is 2.98. The van der Waals surface area contributed by atoms with E-state index in [1.807, 2.05) is 0 Å². The fourth-order valence-electron chi connectivity index (χ4n) is 2.00. The first kappa shape index (κ1) is 11.0. The Labute approximate surface area is 83.5 Å². The molecule has 1 saturated carbocycles. The van der Waals surface area contributed by atoms with Crippen LogP contribution in [0.1, 0.15) is 53.4 Å². The molecule has 1 heterocycles. The zero-order valence-corrected chi connectivity index (χ0v) is 9.77. The van der Waals surface area contributed by atoms with Gasteiger partial charge in [0, 0.05) is 12.6 Å². The summed E-state index contributed by atoms with van der Waals surface area (Å²) in [4.78, 5) is 2.62. The van der Waals surface area contributed by atoms with E-state index in [0.717, 1.165) is 11.5 Å². The number of hydrogen-bond acceptors (Lipinski definition) is 1. The van der Waals surface area contributed by atoms with Gasteiger partial charge in [0.15, 0.2) is 0 Å². The molecule has 2 rings (SSSR count).